The summed E-state index contributed by atoms with van der Waals surface area (Å²) in [6.07, 6.45) is 0.965. The van der Waals surface area contributed by atoms with E-state index in [0.717, 1.165) is 37.2 Å². The van der Waals surface area contributed by atoms with Gasteiger partial charge in [-0.2, -0.15) is 0 Å². The maximum Gasteiger partial charge on any atom is 0.269 e. The lowest BCUT2D eigenvalue weighted by atomic mass is 10.1. The fraction of sp³-hybridized carbons (Fsp3) is 0.333. The first kappa shape index (κ1) is 17.1. The van der Waals surface area contributed by atoms with Crippen molar-refractivity contribution < 1.29 is 4.92 Å². The minimum absolute atomic E-state index is 0.140. The average molecular weight is 313 g/mol. The summed E-state index contributed by atoms with van der Waals surface area (Å²) in [5.41, 5.74) is 9.22. The Balaban J connectivity index is 2.02. The van der Waals surface area contributed by atoms with Gasteiger partial charge in [0.05, 0.1) is 4.92 Å². The highest BCUT2D eigenvalue weighted by molar-refractivity contribution is 5.39. The Morgan fingerprint density at radius 3 is 2.48 bits per heavy atom. The van der Waals surface area contributed by atoms with Crippen molar-refractivity contribution in [3.05, 3.63) is 75.3 Å². The summed E-state index contributed by atoms with van der Waals surface area (Å²) in [4.78, 5) is 12.8. The Hall–Kier alpha value is -2.24. The first-order valence-electron chi connectivity index (χ1n) is 7.80. The molecule has 0 saturated heterocycles. The number of non-ortho nitro benzene ring substituents is 1. The van der Waals surface area contributed by atoms with Crippen molar-refractivity contribution in [3.8, 4) is 0 Å². The van der Waals surface area contributed by atoms with E-state index in [0.29, 0.717) is 6.54 Å². The second-order valence-corrected chi connectivity index (χ2v) is 5.67. The second-order valence-electron chi connectivity index (χ2n) is 5.67. The van der Waals surface area contributed by atoms with E-state index in [1.165, 1.54) is 5.56 Å². The molecule has 5 heteroatoms. The van der Waals surface area contributed by atoms with Gasteiger partial charge < -0.3 is 5.73 Å². The van der Waals surface area contributed by atoms with Crippen LogP contribution in [0.25, 0.3) is 0 Å². The zero-order chi connectivity index (χ0) is 16.7. The number of hydrogen-bond donors (Lipinski definition) is 1. The van der Waals surface area contributed by atoms with Crippen LogP contribution in [0.4, 0.5) is 5.69 Å². The smallest absolute Gasteiger partial charge is 0.269 e. The molecule has 0 aliphatic carbocycles. The van der Waals surface area contributed by atoms with Crippen LogP contribution < -0.4 is 5.73 Å². The first-order chi connectivity index (χ1) is 11.1. The Morgan fingerprint density at radius 2 is 1.87 bits per heavy atom. The summed E-state index contributed by atoms with van der Waals surface area (Å²) in [5.74, 6) is 0. The molecule has 23 heavy (non-hydrogen) atoms. The van der Waals surface area contributed by atoms with Crippen LogP contribution in [0.2, 0.25) is 0 Å². The molecule has 0 unspecified atom stereocenters. The van der Waals surface area contributed by atoms with Gasteiger partial charge in [-0.05, 0) is 30.0 Å². The van der Waals surface area contributed by atoms with Gasteiger partial charge in [0.1, 0.15) is 0 Å². The molecule has 0 spiro atoms. The molecule has 0 saturated carbocycles. The standard InChI is InChI=1S/C18H23N3O2/c1-15-13-18(21(22)23)8-7-17(15)14-20(12-10-19)11-9-16-5-3-2-4-6-16/h2-8,13H,9-12,14,19H2,1H3. The Bertz CT molecular complexity index is 644. The number of rotatable bonds is 8. The molecule has 2 N–H and O–H groups in total. The van der Waals surface area contributed by atoms with Crippen LogP contribution in [0, 0.1) is 17.0 Å². The van der Waals surface area contributed by atoms with Crippen LogP contribution >= 0.6 is 0 Å². The van der Waals surface area contributed by atoms with Gasteiger partial charge in [0.15, 0.2) is 0 Å². The van der Waals surface area contributed by atoms with Crippen molar-refractivity contribution in [2.45, 2.75) is 19.9 Å². The van der Waals surface area contributed by atoms with Crippen molar-refractivity contribution >= 4 is 5.69 Å². The molecule has 0 heterocycles. The van der Waals surface area contributed by atoms with E-state index < -0.39 is 0 Å². The molecule has 2 aromatic rings. The monoisotopic (exact) mass is 313 g/mol. The van der Waals surface area contributed by atoms with Gasteiger partial charge in [-0.3, -0.25) is 15.0 Å². The normalized spacial score (nSPS) is 10.9. The molecule has 0 fully saturated rings. The predicted molar refractivity (Wildman–Crippen MR) is 92.3 cm³/mol. The minimum Gasteiger partial charge on any atom is -0.329 e. The molecule has 0 aliphatic heterocycles. The molecule has 0 radical (unpaired) electrons. The number of nitrogens with zero attached hydrogens (tertiary/aromatic N) is 2. The van der Waals surface area contributed by atoms with Crippen molar-refractivity contribution in [2.75, 3.05) is 19.6 Å². The summed E-state index contributed by atoms with van der Waals surface area (Å²) in [7, 11) is 0. The van der Waals surface area contributed by atoms with Crippen molar-refractivity contribution in [1.29, 1.82) is 0 Å². The number of benzene rings is 2. The number of nitro benzene ring substituents is 1. The average Bonchev–Trinajstić information content (AvgIpc) is 2.55. The zero-order valence-electron chi connectivity index (χ0n) is 13.4. The maximum atomic E-state index is 10.8. The minimum atomic E-state index is -0.357. The number of aryl methyl sites for hydroxylation is 1. The summed E-state index contributed by atoms with van der Waals surface area (Å²) in [6, 6.07) is 15.4. The molecule has 0 amide bonds. The molecule has 2 rings (SSSR count). The Kier molecular flexibility index (Phi) is 6.26. The lowest BCUT2D eigenvalue weighted by Gasteiger charge is -2.22. The molecule has 122 valence electrons. The topological polar surface area (TPSA) is 72.4 Å². The van der Waals surface area contributed by atoms with Crippen LogP contribution in [0.1, 0.15) is 16.7 Å². The van der Waals surface area contributed by atoms with E-state index in [1.807, 2.05) is 31.2 Å². The second kappa shape index (κ2) is 8.41. The Morgan fingerprint density at radius 1 is 1.13 bits per heavy atom. The molecular weight excluding hydrogens is 290 g/mol. The van der Waals surface area contributed by atoms with E-state index >= 15 is 0 Å². The fourth-order valence-electron chi connectivity index (χ4n) is 2.60. The number of nitro groups is 1. The van der Waals surface area contributed by atoms with E-state index in [4.69, 9.17) is 5.73 Å². The molecular formula is C18H23N3O2. The lowest BCUT2D eigenvalue weighted by Crippen LogP contribution is -2.31. The van der Waals surface area contributed by atoms with Gasteiger partial charge in [-0.1, -0.05) is 36.4 Å². The van der Waals surface area contributed by atoms with Gasteiger partial charge in [0.25, 0.3) is 5.69 Å². The van der Waals surface area contributed by atoms with Crippen LogP contribution in [0.5, 0.6) is 0 Å². The first-order valence-corrected chi connectivity index (χ1v) is 7.80. The van der Waals surface area contributed by atoms with E-state index in [9.17, 15) is 10.1 Å². The third-order valence-electron chi connectivity index (χ3n) is 3.94. The fourth-order valence-corrected chi connectivity index (χ4v) is 2.60. The molecule has 0 atom stereocenters. The molecule has 0 bridgehead atoms. The Labute approximate surface area is 136 Å². The van der Waals surface area contributed by atoms with E-state index in [-0.39, 0.29) is 10.6 Å². The third-order valence-corrected chi connectivity index (χ3v) is 3.94. The third kappa shape index (κ3) is 5.16. The van der Waals surface area contributed by atoms with Crippen molar-refractivity contribution in [3.63, 3.8) is 0 Å². The quantitative estimate of drug-likeness (QED) is 0.601. The highest BCUT2D eigenvalue weighted by atomic mass is 16.6. The van der Waals surface area contributed by atoms with Gasteiger partial charge in [0.2, 0.25) is 0 Å². The van der Waals surface area contributed by atoms with Crippen LogP contribution in [0.3, 0.4) is 0 Å². The van der Waals surface area contributed by atoms with Crippen molar-refractivity contribution in [1.82, 2.24) is 4.90 Å². The lowest BCUT2D eigenvalue weighted by molar-refractivity contribution is -0.384. The van der Waals surface area contributed by atoms with Crippen LogP contribution in [0.15, 0.2) is 48.5 Å². The van der Waals surface area contributed by atoms with Gasteiger partial charge in [-0.25, -0.2) is 0 Å². The highest BCUT2D eigenvalue weighted by Gasteiger charge is 2.11. The van der Waals surface area contributed by atoms with Gasteiger partial charge >= 0.3 is 0 Å². The summed E-state index contributed by atoms with van der Waals surface area (Å²) < 4.78 is 0. The predicted octanol–water partition coefficient (Wildman–Crippen LogP) is 2.91. The van der Waals surface area contributed by atoms with E-state index in [1.54, 1.807) is 12.1 Å². The summed E-state index contributed by atoms with van der Waals surface area (Å²) in [6.45, 7) is 5.00. The van der Waals surface area contributed by atoms with E-state index in [2.05, 4.69) is 17.0 Å². The molecule has 5 nitrogen and oxygen atoms in total. The molecule has 0 aromatic heterocycles. The summed E-state index contributed by atoms with van der Waals surface area (Å²) in [5, 5.41) is 10.8. The summed E-state index contributed by atoms with van der Waals surface area (Å²) >= 11 is 0. The number of nitrogens with two attached hydrogens (primary N) is 1. The van der Waals surface area contributed by atoms with Crippen LogP contribution in [-0.4, -0.2) is 29.5 Å². The molecule has 0 aliphatic rings. The molecule has 2 aromatic carbocycles. The largest absolute Gasteiger partial charge is 0.329 e. The van der Waals surface area contributed by atoms with Crippen molar-refractivity contribution in [2.24, 2.45) is 5.73 Å². The number of hydrogen-bond acceptors (Lipinski definition) is 4. The zero-order valence-corrected chi connectivity index (χ0v) is 13.4. The maximum absolute atomic E-state index is 10.8. The van der Waals surface area contributed by atoms with Gasteiger partial charge in [-0.15, -0.1) is 0 Å². The highest BCUT2D eigenvalue weighted by Crippen LogP contribution is 2.18. The SMILES string of the molecule is Cc1cc([N+](=O)[O-])ccc1CN(CCN)CCc1ccccc1. The van der Waals surface area contributed by atoms with Crippen LogP contribution in [-0.2, 0) is 13.0 Å². The van der Waals surface area contributed by atoms with Gasteiger partial charge in [0, 0.05) is 38.3 Å².